The number of carbonyl (C=O) groups is 3. The number of amides is 2. The van der Waals surface area contributed by atoms with Gasteiger partial charge in [-0.05, 0) is 25.1 Å². The molecule has 2 aromatic rings. The summed E-state index contributed by atoms with van der Waals surface area (Å²) in [6, 6.07) is 13.9. The van der Waals surface area contributed by atoms with Gasteiger partial charge in [-0.15, -0.1) is 0 Å². The fraction of sp³-hybridized carbons (Fsp3) is 0.200. The van der Waals surface area contributed by atoms with Crippen molar-refractivity contribution in [3.63, 3.8) is 0 Å². The number of benzene rings is 2. The summed E-state index contributed by atoms with van der Waals surface area (Å²) in [5.41, 5.74) is 2.67. The molecule has 0 saturated carbocycles. The lowest BCUT2D eigenvalue weighted by molar-refractivity contribution is -0.145. The molecule has 6 nitrogen and oxygen atoms in total. The molecule has 0 saturated heterocycles. The molecular weight excluding hydrogens is 332 g/mol. The predicted octanol–water partition coefficient (Wildman–Crippen LogP) is 2.60. The Labute approximate surface area is 150 Å². The van der Waals surface area contributed by atoms with Crippen LogP contribution in [-0.4, -0.2) is 29.2 Å². The van der Waals surface area contributed by atoms with E-state index >= 15 is 0 Å². The van der Waals surface area contributed by atoms with Gasteiger partial charge in [0.05, 0.1) is 29.2 Å². The van der Waals surface area contributed by atoms with Gasteiger partial charge in [0.25, 0.3) is 11.8 Å². The molecule has 0 radical (unpaired) electrons. The molecule has 6 heteroatoms. The molecule has 0 aromatic heterocycles. The monoisotopic (exact) mass is 348 g/mol. The average molecular weight is 348 g/mol. The molecule has 0 spiro atoms. The number of nitriles is 1. The zero-order valence-electron chi connectivity index (χ0n) is 14.2. The number of fused-ring (bicyclic) bond motifs is 1. The molecule has 0 aliphatic carbocycles. The molecule has 0 unspecified atom stereocenters. The van der Waals surface area contributed by atoms with Crippen molar-refractivity contribution in [3.05, 3.63) is 70.3 Å². The summed E-state index contributed by atoms with van der Waals surface area (Å²) in [4.78, 5) is 37.7. The molecule has 3 rings (SSSR count). The minimum absolute atomic E-state index is 0.0239. The zero-order valence-corrected chi connectivity index (χ0v) is 14.2. The smallest absolute Gasteiger partial charge is 0.307 e. The van der Waals surface area contributed by atoms with Gasteiger partial charge in [0.2, 0.25) is 0 Å². The Morgan fingerprint density at radius 3 is 2.62 bits per heavy atom. The Morgan fingerprint density at radius 1 is 1.12 bits per heavy atom. The second kappa shape index (κ2) is 7.19. The molecule has 0 N–H and O–H groups in total. The van der Waals surface area contributed by atoms with Gasteiger partial charge in [0, 0.05) is 12.1 Å². The lowest BCUT2D eigenvalue weighted by Crippen LogP contribution is -2.32. The van der Waals surface area contributed by atoms with Crippen molar-refractivity contribution in [2.45, 2.75) is 20.0 Å². The zero-order chi connectivity index (χ0) is 18.7. The number of nitrogens with zero attached hydrogens (tertiary/aromatic N) is 2. The van der Waals surface area contributed by atoms with Crippen LogP contribution in [0.2, 0.25) is 0 Å². The number of carbonyl (C=O) groups excluding carboxylic acids is 3. The Morgan fingerprint density at radius 2 is 1.85 bits per heavy atom. The highest BCUT2D eigenvalue weighted by Gasteiger charge is 2.35. The molecule has 0 bridgehead atoms. The normalized spacial score (nSPS) is 12.7. The van der Waals surface area contributed by atoms with Crippen molar-refractivity contribution in [1.29, 1.82) is 5.26 Å². The van der Waals surface area contributed by atoms with Crippen molar-refractivity contribution in [2.24, 2.45) is 0 Å². The number of esters is 1. The average Bonchev–Trinajstić information content (AvgIpc) is 2.88. The predicted molar refractivity (Wildman–Crippen MR) is 92.1 cm³/mol. The van der Waals surface area contributed by atoms with Gasteiger partial charge in [-0.1, -0.05) is 29.8 Å². The van der Waals surface area contributed by atoms with Crippen LogP contribution in [0, 0.1) is 18.3 Å². The molecule has 2 aromatic carbocycles. The van der Waals surface area contributed by atoms with E-state index in [1.165, 1.54) is 0 Å². The maximum atomic E-state index is 12.4. The van der Waals surface area contributed by atoms with E-state index in [1.807, 2.05) is 13.0 Å². The van der Waals surface area contributed by atoms with E-state index in [1.54, 1.807) is 42.5 Å². The molecule has 0 atom stereocenters. The fourth-order valence-electron chi connectivity index (χ4n) is 2.80. The van der Waals surface area contributed by atoms with Gasteiger partial charge >= 0.3 is 5.97 Å². The fourth-order valence-corrected chi connectivity index (χ4v) is 2.80. The summed E-state index contributed by atoms with van der Waals surface area (Å²) in [6.45, 7) is 1.78. The summed E-state index contributed by atoms with van der Waals surface area (Å²) >= 11 is 0. The van der Waals surface area contributed by atoms with E-state index in [9.17, 15) is 14.4 Å². The number of hydrogen-bond donors (Lipinski definition) is 0. The maximum Gasteiger partial charge on any atom is 0.307 e. The number of imide groups is 1. The van der Waals surface area contributed by atoms with Crippen molar-refractivity contribution in [3.8, 4) is 6.07 Å². The van der Waals surface area contributed by atoms with Gasteiger partial charge in [0.15, 0.2) is 0 Å². The number of aryl methyl sites for hydroxylation is 1. The van der Waals surface area contributed by atoms with E-state index < -0.39 is 17.8 Å². The third-order valence-electron chi connectivity index (χ3n) is 4.19. The van der Waals surface area contributed by atoms with Gasteiger partial charge in [-0.2, -0.15) is 5.26 Å². The van der Waals surface area contributed by atoms with Crippen LogP contribution >= 0.6 is 0 Å². The SMILES string of the molecule is Cc1ccc2c(c1)C(=O)N(CCC(=O)OCc1ccccc1C#N)C2=O. The minimum atomic E-state index is -0.537. The molecule has 0 fully saturated rings. The van der Waals surface area contributed by atoms with E-state index in [0.29, 0.717) is 22.3 Å². The van der Waals surface area contributed by atoms with E-state index in [2.05, 4.69) is 0 Å². The topological polar surface area (TPSA) is 87.5 Å². The Balaban J connectivity index is 1.58. The third kappa shape index (κ3) is 3.33. The second-order valence-electron chi connectivity index (χ2n) is 5.99. The van der Waals surface area contributed by atoms with Crippen LogP contribution in [0.25, 0.3) is 0 Å². The standard InChI is InChI=1S/C20H16N2O4/c1-13-6-7-16-17(10-13)20(25)22(19(16)24)9-8-18(23)26-12-15-5-3-2-4-14(15)11-21/h2-7,10H,8-9,12H2,1H3. The van der Waals surface area contributed by atoms with Gasteiger partial charge < -0.3 is 4.74 Å². The molecule has 26 heavy (non-hydrogen) atoms. The molecular formula is C20H16N2O4. The van der Waals surface area contributed by atoms with Crippen molar-refractivity contribution in [2.75, 3.05) is 6.54 Å². The van der Waals surface area contributed by atoms with Crippen LogP contribution in [0.15, 0.2) is 42.5 Å². The number of ether oxygens (including phenoxy) is 1. The highest BCUT2D eigenvalue weighted by molar-refractivity contribution is 6.21. The summed E-state index contributed by atoms with van der Waals surface area (Å²) in [7, 11) is 0. The van der Waals surface area contributed by atoms with Gasteiger partial charge in [0.1, 0.15) is 6.61 Å². The number of rotatable bonds is 5. The Hall–Kier alpha value is -3.46. The molecule has 1 heterocycles. The Bertz CT molecular complexity index is 943. The summed E-state index contributed by atoms with van der Waals surface area (Å²) in [5, 5.41) is 9.02. The van der Waals surface area contributed by atoms with Crippen molar-refractivity contribution in [1.82, 2.24) is 4.90 Å². The van der Waals surface area contributed by atoms with Crippen molar-refractivity contribution >= 4 is 17.8 Å². The van der Waals surface area contributed by atoms with Crippen LogP contribution in [0.4, 0.5) is 0 Å². The first kappa shape index (κ1) is 17.4. The largest absolute Gasteiger partial charge is 0.461 e. The molecule has 1 aliphatic heterocycles. The highest BCUT2D eigenvalue weighted by atomic mass is 16.5. The third-order valence-corrected chi connectivity index (χ3v) is 4.19. The first-order valence-corrected chi connectivity index (χ1v) is 8.11. The Kier molecular flexibility index (Phi) is 4.81. The van der Waals surface area contributed by atoms with Crippen LogP contribution in [0.5, 0.6) is 0 Å². The first-order valence-electron chi connectivity index (χ1n) is 8.11. The second-order valence-corrected chi connectivity index (χ2v) is 5.99. The highest BCUT2D eigenvalue weighted by Crippen LogP contribution is 2.24. The maximum absolute atomic E-state index is 12.4. The van der Waals surface area contributed by atoms with E-state index in [0.717, 1.165) is 10.5 Å². The van der Waals surface area contributed by atoms with E-state index in [-0.39, 0.29) is 19.6 Å². The van der Waals surface area contributed by atoms with Crippen LogP contribution in [0.1, 0.15) is 43.8 Å². The quantitative estimate of drug-likeness (QED) is 0.612. The van der Waals surface area contributed by atoms with Crippen molar-refractivity contribution < 1.29 is 19.1 Å². The van der Waals surface area contributed by atoms with E-state index in [4.69, 9.17) is 10.00 Å². The summed E-state index contributed by atoms with van der Waals surface area (Å²) in [5.74, 6) is -1.32. The van der Waals surface area contributed by atoms with Gasteiger partial charge in [-0.3, -0.25) is 19.3 Å². The van der Waals surface area contributed by atoms with Crippen LogP contribution in [0.3, 0.4) is 0 Å². The molecule has 2 amide bonds. The molecule has 130 valence electrons. The number of hydrogen-bond acceptors (Lipinski definition) is 5. The van der Waals surface area contributed by atoms with Crippen LogP contribution in [-0.2, 0) is 16.1 Å². The summed E-state index contributed by atoms with van der Waals surface area (Å²) < 4.78 is 5.16. The minimum Gasteiger partial charge on any atom is -0.461 e. The first-order chi connectivity index (χ1) is 12.5. The summed E-state index contributed by atoms with van der Waals surface area (Å²) in [6.07, 6.45) is -0.0980. The molecule has 1 aliphatic rings. The van der Waals surface area contributed by atoms with Gasteiger partial charge in [-0.25, -0.2) is 0 Å². The lowest BCUT2D eigenvalue weighted by atomic mass is 10.1. The lowest BCUT2D eigenvalue weighted by Gasteiger charge is -2.13. The van der Waals surface area contributed by atoms with Crippen LogP contribution < -0.4 is 0 Å².